The highest BCUT2D eigenvalue weighted by Gasteiger charge is 2.45. The van der Waals surface area contributed by atoms with Crippen molar-refractivity contribution in [2.24, 2.45) is 0 Å². The molecule has 474 valence electrons. The average Bonchev–Trinajstić information content (AvgIpc) is 1.29. The van der Waals surface area contributed by atoms with E-state index in [1.807, 2.05) is 24.3 Å². The van der Waals surface area contributed by atoms with Crippen molar-refractivity contribution in [1.82, 2.24) is 18.3 Å². The molecule has 0 amide bonds. The first-order valence-corrected chi connectivity index (χ1v) is 34.0. The summed E-state index contributed by atoms with van der Waals surface area (Å²) in [6, 6.07) is 86.4. The molecule has 6 heteroatoms. The Balaban J connectivity index is 1.34. The van der Waals surface area contributed by atoms with Crippen molar-refractivity contribution in [1.29, 1.82) is 10.5 Å². The van der Waals surface area contributed by atoms with Crippen LogP contribution in [0.15, 0.2) is 218 Å². The second kappa shape index (κ2) is 21.6. The molecule has 0 bridgehead atoms. The molecule has 15 rings (SSSR count). The zero-order chi connectivity index (χ0) is 67.5. The quantitative estimate of drug-likeness (QED) is 0.152. The van der Waals surface area contributed by atoms with Crippen LogP contribution in [0.1, 0.15) is 155 Å². The highest BCUT2D eigenvalue weighted by atomic mass is 15.1. The number of fused-ring (bicyclic) bond motifs is 12. The maximum Gasteiger partial charge on any atom is 0.0998 e. The summed E-state index contributed by atoms with van der Waals surface area (Å²) < 4.78 is 10.4. The molecule has 0 saturated heterocycles. The van der Waals surface area contributed by atoms with Gasteiger partial charge >= 0.3 is 0 Å². The summed E-state index contributed by atoms with van der Waals surface area (Å²) in [6.45, 7) is 37.4. The molecule has 0 aliphatic heterocycles. The number of para-hydroxylation sites is 4. The standard InChI is InChI=1S/C90H84N6/c1-85(2,3)57-41-45-71-67(49-57)68-50-58(86(4,5)6)42-46-72(68)93(71)83-79(61-31-19-17-29-55(61)53-91)81(89(13,14)95-75-37-25-21-33-63(75)64-34-22-26-38-76(64)95)80(62-32-20-18-30-56(62)54-92)84(82(83)90(15,16)96-77-39-27-23-35-65(77)66-36-24-28-40-78(66)96)94-73-47-43-59(87(7,8)9)51-69(73)70-52-60(88(10,11)12)44-48-74(70)94/h17-52H,1-16H3. The molecule has 0 fully saturated rings. The van der Waals surface area contributed by atoms with Crippen molar-refractivity contribution in [3.05, 3.63) is 263 Å². The van der Waals surface area contributed by atoms with E-state index in [1.54, 1.807) is 0 Å². The zero-order valence-electron chi connectivity index (χ0n) is 58.5. The van der Waals surface area contributed by atoms with Crippen LogP contribution in [-0.2, 0) is 32.7 Å². The van der Waals surface area contributed by atoms with Crippen LogP contribution >= 0.6 is 0 Å². The summed E-state index contributed by atoms with van der Waals surface area (Å²) in [4.78, 5) is 0. The first-order chi connectivity index (χ1) is 45.6. The molecule has 11 aromatic carbocycles. The molecule has 15 aromatic rings. The van der Waals surface area contributed by atoms with E-state index in [-0.39, 0.29) is 21.7 Å². The smallest absolute Gasteiger partial charge is 0.0998 e. The van der Waals surface area contributed by atoms with Gasteiger partial charge in [0.1, 0.15) is 0 Å². The Labute approximate surface area is 564 Å². The summed E-state index contributed by atoms with van der Waals surface area (Å²) >= 11 is 0. The number of hydrogen-bond donors (Lipinski definition) is 0. The SMILES string of the molecule is CC(C)(C)c1ccc2c(c1)c1cc(C(C)(C)C)ccc1n2-c1c(-c2ccccc2C#N)c(C(C)(C)n2c3ccccc3c3ccccc32)c(-c2ccccc2C#N)c(-n2c3ccc(C(C)(C)C)cc3c3cc(C(C)(C)C)ccc32)c1C(C)(C)n1c2ccccc2c2ccccc21. The molecule has 96 heavy (non-hydrogen) atoms. The van der Waals surface area contributed by atoms with E-state index in [9.17, 15) is 10.5 Å². The van der Waals surface area contributed by atoms with Crippen molar-refractivity contribution in [2.75, 3.05) is 0 Å². The summed E-state index contributed by atoms with van der Waals surface area (Å²) in [6.07, 6.45) is 0. The minimum Gasteiger partial charge on any atom is -0.331 e. The van der Waals surface area contributed by atoms with E-state index in [4.69, 9.17) is 0 Å². The topological polar surface area (TPSA) is 67.3 Å². The van der Waals surface area contributed by atoms with E-state index in [0.717, 1.165) is 132 Å². The molecular weight excluding hydrogens is 1170 g/mol. The van der Waals surface area contributed by atoms with E-state index in [2.05, 4.69) is 335 Å². The maximum absolute atomic E-state index is 12.1. The summed E-state index contributed by atoms with van der Waals surface area (Å²) in [5, 5.41) is 33.4. The van der Waals surface area contributed by atoms with Gasteiger partial charge in [0.05, 0.1) is 67.8 Å². The van der Waals surface area contributed by atoms with E-state index in [1.165, 1.54) is 22.3 Å². The lowest BCUT2D eigenvalue weighted by molar-refractivity contribution is 0.455. The number of nitrogens with zero attached hydrogens (tertiary/aromatic N) is 6. The first kappa shape index (κ1) is 61.8. The Morgan fingerprint density at radius 3 is 0.781 bits per heavy atom. The third kappa shape index (κ3) is 9.30. The van der Waals surface area contributed by atoms with Crippen LogP contribution in [0.4, 0.5) is 0 Å². The lowest BCUT2D eigenvalue weighted by atomic mass is 9.73. The minimum atomic E-state index is -1.02. The third-order valence-electron chi connectivity index (χ3n) is 21.0. The normalized spacial score (nSPS) is 13.0. The highest BCUT2D eigenvalue weighted by Crippen LogP contribution is 2.58. The van der Waals surface area contributed by atoms with Gasteiger partial charge in [-0.05, 0) is 162 Å². The summed E-state index contributed by atoms with van der Waals surface area (Å²) in [5.41, 5.74) is 19.0. The van der Waals surface area contributed by atoms with Crippen molar-refractivity contribution in [2.45, 2.75) is 144 Å². The lowest BCUT2D eigenvalue weighted by Gasteiger charge is -2.42. The lowest BCUT2D eigenvalue weighted by Crippen LogP contribution is -2.35. The van der Waals surface area contributed by atoms with Gasteiger partial charge in [-0.25, -0.2) is 0 Å². The number of aromatic nitrogens is 4. The summed E-state index contributed by atoms with van der Waals surface area (Å²) in [5.74, 6) is 0. The number of hydrogen-bond acceptors (Lipinski definition) is 2. The highest BCUT2D eigenvalue weighted by molar-refractivity contribution is 6.15. The molecule has 0 unspecified atom stereocenters. The monoisotopic (exact) mass is 1250 g/mol. The fraction of sp³-hybridized carbons (Fsp3) is 0.244. The van der Waals surface area contributed by atoms with Crippen molar-refractivity contribution < 1.29 is 0 Å². The molecule has 4 heterocycles. The van der Waals surface area contributed by atoms with E-state index in [0.29, 0.717) is 11.1 Å². The van der Waals surface area contributed by atoms with Gasteiger partial charge in [-0.2, -0.15) is 10.5 Å². The average molecular weight is 1250 g/mol. The Morgan fingerprint density at radius 1 is 0.260 bits per heavy atom. The number of rotatable bonds is 8. The van der Waals surface area contributed by atoms with Gasteiger partial charge < -0.3 is 18.3 Å². The molecule has 0 aliphatic carbocycles. The second-order valence-electron chi connectivity index (χ2n) is 32.0. The molecule has 0 aliphatic rings. The molecule has 4 aromatic heterocycles. The molecule has 0 spiro atoms. The fourth-order valence-corrected chi connectivity index (χ4v) is 16.2. The van der Waals surface area contributed by atoms with Gasteiger partial charge in [-0.15, -0.1) is 0 Å². The van der Waals surface area contributed by atoms with E-state index >= 15 is 0 Å². The van der Waals surface area contributed by atoms with Gasteiger partial charge in [-0.3, -0.25) is 0 Å². The van der Waals surface area contributed by atoms with Crippen molar-refractivity contribution >= 4 is 87.2 Å². The van der Waals surface area contributed by atoms with Crippen LogP contribution in [0.2, 0.25) is 0 Å². The van der Waals surface area contributed by atoms with Crippen LogP contribution in [0, 0.1) is 22.7 Å². The molecule has 0 radical (unpaired) electrons. The molecule has 6 nitrogen and oxygen atoms in total. The van der Waals surface area contributed by atoms with Gasteiger partial charge in [0.2, 0.25) is 0 Å². The summed E-state index contributed by atoms with van der Waals surface area (Å²) in [7, 11) is 0. The Bertz CT molecular complexity index is 5360. The maximum atomic E-state index is 12.1. The van der Waals surface area contributed by atoms with Gasteiger partial charge in [0, 0.05) is 93.0 Å². The third-order valence-corrected chi connectivity index (χ3v) is 21.0. The van der Waals surface area contributed by atoms with Gasteiger partial charge in [0.15, 0.2) is 0 Å². The van der Waals surface area contributed by atoms with Crippen molar-refractivity contribution in [3.63, 3.8) is 0 Å². The Kier molecular flexibility index (Phi) is 13.9. The molecule has 0 N–H and O–H groups in total. The van der Waals surface area contributed by atoms with Crippen molar-refractivity contribution in [3.8, 4) is 45.8 Å². The Hall–Kier alpha value is -10.4. The van der Waals surface area contributed by atoms with Crippen LogP contribution in [0.3, 0.4) is 0 Å². The first-order valence-electron chi connectivity index (χ1n) is 34.0. The fourth-order valence-electron chi connectivity index (χ4n) is 16.2. The second-order valence-corrected chi connectivity index (χ2v) is 32.0. The molecule has 0 atom stereocenters. The predicted octanol–water partition coefficient (Wildman–Crippen LogP) is 23.9. The van der Waals surface area contributed by atoms with Gasteiger partial charge in [-0.1, -0.05) is 217 Å². The largest absolute Gasteiger partial charge is 0.331 e. The predicted molar refractivity (Wildman–Crippen MR) is 406 cm³/mol. The van der Waals surface area contributed by atoms with Gasteiger partial charge in [0.25, 0.3) is 0 Å². The molecule has 0 saturated carbocycles. The zero-order valence-corrected chi connectivity index (χ0v) is 58.5. The van der Waals surface area contributed by atoms with Crippen LogP contribution < -0.4 is 0 Å². The number of nitriles is 2. The Morgan fingerprint density at radius 2 is 0.510 bits per heavy atom. The van der Waals surface area contributed by atoms with E-state index < -0.39 is 11.1 Å². The number of benzene rings is 11. The van der Waals surface area contributed by atoms with Crippen LogP contribution in [-0.4, -0.2) is 18.3 Å². The van der Waals surface area contributed by atoms with Crippen LogP contribution in [0.5, 0.6) is 0 Å². The minimum absolute atomic E-state index is 0.177. The van der Waals surface area contributed by atoms with Crippen LogP contribution in [0.25, 0.3) is 121 Å². The molecular formula is C90H84N6.